The predicted octanol–water partition coefficient (Wildman–Crippen LogP) is 6.64. The molecule has 0 unspecified atom stereocenters. The number of rotatable bonds is 20. The van der Waals surface area contributed by atoms with Crippen LogP contribution in [-0.4, -0.2) is 22.8 Å². The second-order valence-corrected chi connectivity index (χ2v) is 7.39. The molecule has 0 saturated heterocycles. The summed E-state index contributed by atoms with van der Waals surface area (Å²) in [6.07, 6.45) is 22.4. The average molecular weight is 355 g/mol. The minimum atomic E-state index is -0.849. The van der Waals surface area contributed by atoms with E-state index in [9.17, 15) is 4.79 Å². The molecule has 0 fully saturated rings. The summed E-state index contributed by atoms with van der Waals surface area (Å²) in [7, 11) is 0. The fraction of sp³-hybridized carbons (Fsp3) is 0.864. The molecule has 0 bridgehead atoms. The number of aliphatic carboxylic acids is 1. The highest BCUT2D eigenvalue weighted by molar-refractivity contribution is 5.85. The number of unbranched alkanes of at least 4 members (excludes halogenated alkanes) is 16. The average Bonchev–Trinajstić information content (AvgIpc) is 2.60. The molecule has 0 aromatic carbocycles. The van der Waals surface area contributed by atoms with Crippen molar-refractivity contribution in [1.29, 1.82) is 0 Å². The summed E-state index contributed by atoms with van der Waals surface area (Å²) >= 11 is 0. The molecule has 0 atom stereocenters. The van der Waals surface area contributed by atoms with Crippen LogP contribution in [0.3, 0.4) is 0 Å². The SMILES string of the molecule is C=C(CCCCCCCCCCCCCCCCCCCO)C(=O)O. The predicted molar refractivity (Wildman–Crippen MR) is 107 cm³/mol. The third-order valence-electron chi connectivity index (χ3n) is 4.94. The first-order valence-corrected chi connectivity index (χ1v) is 10.7. The molecule has 0 aliphatic rings. The maximum atomic E-state index is 10.6. The number of carboxylic acid groups (broad SMARTS) is 1. The third-order valence-corrected chi connectivity index (χ3v) is 4.94. The number of hydrogen-bond donors (Lipinski definition) is 2. The van der Waals surface area contributed by atoms with Crippen molar-refractivity contribution >= 4 is 5.97 Å². The Bertz CT molecular complexity index is 312. The smallest absolute Gasteiger partial charge is 0.330 e. The van der Waals surface area contributed by atoms with Gasteiger partial charge in [0.2, 0.25) is 0 Å². The summed E-state index contributed by atoms with van der Waals surface area (Å²) in [5.41, 5.74) is 0.349. The fourth-order valence-corrected chi connectivity index (χ4v) is 3.21. The van der Waals surface area contributed by atoms with E-state index in [1.54, 1.807) is 0 Å². The van der Waals surface area contributed by atoms with Gasteiger partial charge in [0.15, 0.2) is 0 Å². The first kappa shape index (κ1) is 24.2. The molecular weight excluding hydrogens is 312 g/mol. The molecule has 0 saturated carbocycles. The Morgan fingerprint density at radius 3 is 1.12 bits per heavy atom. The Morgan fingerprint density at radius 1 is 0.560 bits per heavy atom. The van der Waals surface area contributed by atoms with E-state index in [4.69, 9.17) is 10.2 Å². The number of hydrogen-bond acceptors (Lipinski definition) is 2. The Hall–Kier alpha value is -0.830. The van der Waals surface area contributed by atoms with Crippen molar-refractivity contribution in [3.05, 3.63) is 12.2 Å². The van der Waals surface area contributed by atoms with Gasteiger partial charge in [-0.25, -0.2) is 4.79 Å². The van der Waals surface area contributed by atoms with Crippen molar-refractivity contribution in [2.75, 3.05) is 6.61 Å². The normalized spacial score (nSPS) is 10.9. The van der Waals surface area contributed by atoms with Gasteiger partial charge in [0.05, 0.1) is 0 Å². The van der Waals surface area contributed by atoms with Crippen LogP contribution in [0.15, 0.2) is 12.2 Å². The van der Waals surface area contributed by atoms with Gasteiger partial charge >= 0.3 is 5.97 Å². The van der Waals surface area contributed by atoms with Crippen molar-refractivity contribution in [1.82, 2.24) is 0 Å². The van der Waals surface area contributed by atoms with Crippen molar-refractivity contribution in [3.63, 3.8) is 0 Å². The summed E-state index contributed by atoms with van der Waals surface area (Å²) in [5, 5.41) is 17.4. The molecule has 2 N–H and O–H groups in total. The van der Waals surface area contributed by atoms with Gasteiger partial charge in [-0.2, -0.15) is 0 Å². The van der Waals surface area contributed by atoms with Crippen LogP contribution < -0.4 is 0 Å². The van der Waals surface area contributed by atoms with E-state index in [2.05, 4.69) is 6.58 Å². The minimum absolute atomic E-state index is 0.349. The monoisotopic (exact) mass is 354 g/mol. The molecule has 0 heterocycles. The van der Waals surface area contributed by atoms with E-state index in [1.165, 1.54) is 89.9 Å². The Kier molecular flexibility index (Phi) is 18.8. The summed E-state index contributed by atoms with van der Waals surface area (Å²) in [4.78, 5) is 10.6. The summed E-state index contributed by atoms with van der Waals surface area (Å²) < 4.78 is 0. The molecule has 3 nitrogen and oxygen atoms in total. The van der Waals surface area contributed by atoms with Gasteiger partial charge in [0.1, 0.15) is 0 Å². The van der Waals surface area contributed by atoms with Crippen LogP contribution in [0.1, 0.15) is 116 Å². The lowest BCUT2D eigenvalue weighted by Crippen LogP contribution is -1.98. The largest absolute Gasteiger partial charge is 0.478 e. The Morgan fingerprint density at radius 2 is 0.840 bits per heavy atom. The van der Waals surface area contributed by atoms with Crippen molar-refractivity contribution in [3.8, 4) is 0 Å². The highest BCUT2D eigenvalue weighted by Gasteiger charge is 2.02. The maximum Gasteiger partial charge on any atom is 0.330 e. The minimum Gasteiger partial charge on any atom is -0.478 e. The Labute approximate surface area is 155 Å². The summed E-state index contributed by atoms with van der Waals surface area (Å²) in [6.45, 7) is 3.91. The highest BCUT2D eigenvalue weighted by Crippen LogP contribution is 2.15. The van der Waals surface area contributed by atoms with Gasteiger partial charge in [-0.3, -0.25) is 0 Å². The van der Waals surface area contributed by atoms with Crippen LogP contribution in [0.4, 0.5) is 0 Å². The molecule has 0 aromatic heterocycles. The van der Waals surface area contributed by atoms with Gasteiger partial charge in [-0.1, -0.05) is 103 Å². The summed E-state index contributed by atoms with van der Waals surface area (Å²) in [6, 6.07) is 0. The van der Waals surface area contributed by atoms with Gasteiger partial charge < -0.3 is 10.2 Å². The van der Waals surface area contributed by atoms with Crippen LogP contribution in [0.2, 0.25) is 0 Å². The third kappa shape index (κ3) is 19.3. The zero-order chi connectivity index (χ0) is 18.6. The van der Waals surface area contributed by atoms with Crippen molar-refractivity contribution in [2.45, 2.75) is 116 Å². The lowest BCUT2D eigenvalue weighted by Gasteiger charge is -2.04. The molecule has 148 valence electrons. The fourth-order valence-electron chi connectivity index (χ4n) is 3.21. The topological polar surface area (TPSA) is 57.5 Å². The molecule has 0 aliphatic heterocycles. The van der Waals surface area contributed by atoms with Crippen LogP contribution in [0, 0.1) is 0 Å². The van der Waals surface area contributed by atoms with Crippen LogP contribution in [-0.2, 0) is 4.79 Å². The Balaban J connectivity index is 3.05. The van der Waals surface area contributed by atoms with E-state index in [-0.39, 0.29) is 0 Å². The maximum absolute atomic E-state index is 10.6. The second-order valence-electron chi connectivity index (χ2n) is 7.39. The molecule has 25 heavy (non-hydrogen) atoms. The molecule has 0 aromatic rings. The van der Waals surface area contributed by atoms with Crippen molar-refractivity contribution in [2.24, 2.45) is 0 Å². The molecule has 0 spiro atoms. The molecule has 0 rings (SSSR count). The zero-order valence-corrected chi connectivity index (χ0v) is 16.4. The van der Waals surface area contributed by atoms with E-state index >= 15 is 0 Å². The molecule has 0 amide bonds. The standard InChI is InChI=1S/C22H42O3/c1-21(22(24)25)19-17-15-13-11-9-7-5-3-2-4-6-8-10-12-14-16-18-20-23/h23H,1-20H2,(H,24,25). The molecule has 0 radical (unpaired) electrons. The van der Waals surface area contributed by atoms with Gasteiger partial charge in [0, 0.05) is 12.2 Å². The number of carboxylic acids is 1. The summed E-state index contributed by atoms with van der Waals surface area (Å²) in [5.74, 6) is -0.849. The molecule has 0 aliphatic carbocycles. The number of carbonyl (C=O) groups is 1. The highest BCUT2D eigenvalue weighted by atomic mass is 16.4. The number of aliphatic hydroxyl groups excluding tert-OH is 1. The van der Waals surface area contributed by atoms with Gasteiger partial charge in [-0.05, 0) is 19.3 Å². The molecular formula is C22H42O3. The van der Waals surface area contributed by atoms with Crippen LogP contribution >= 0.6 is 0 Å². The van der Waals surface area contributed by atoms with E-state index in [0.29, 0.717) is 18.6 Å². The van der Waals surface area contributed by atoms with Crippen LogP contribution in [0.25, 0.3) is 0 Å². The molecule has 3 heteroatoms. The van der Waals surface area contributed by atoms with Crippen LogP contribution in [0.5, 0.6) is 0 Å². The van der Waals surface area contributed by atoms with Crippen molar-refractivity contribution < 1.29 is 15.0 Å². The van der Waals surface area contributed by atoms with E-state index < -0.39 is 5.97 Å². The lowest BCUT2D eigenvalue weighted by atomic mass is 10.0. The van der Waals surface area contributed by atoms with Gasteiger partial charge in [0.25, 0.3) is 0 Å². The van der Waals surface area contributed by atoms with E-state index in [1.807, 2.05) is 0 Å². The first-order valence-electron chi connectivity index (χ1n) is 10.7. The van der Waals surface area contributed by atoms with Gasteiger partial charge in [-0.15, -0.1) is 0 Å². The van der Waals surface area contributed by atoms with E-state index in [0.717, 1.165) is 19.3 Å². The first-order chi connectivity index (χ1) is 12.2. The second kappa shape index (κ2) is 19.5. The quantitative estimate of drug-likeness (QED) is 0.190. The number of aliphatic hydroxyl groups is 1. The lowest BCUT2D eigenvalue weighted by molar-refractivity contribution is -0.132. The zero-order valence-electron chi connectivity index (χ0n) is 16.4.